The molecule has 4 rings (SSSR count). The van der Waals surface area contributed by atoms with Crippen molar-refractivity contribution < 1.29 is 18.0 Å². The number of nitrogens with zero attached hydrogens (tertiary/aromatic N) is 2. The molecule has 2 aliphatic heterocycles. The molecule has 0 bridgehead atoms. The van der Waals surface area contributed by atoms with Crippen molar-refractivity contribution in [3.05, 3.63) is 60.2 Å². The summed E-state index contributed by atoms with van der Waals surface area (Å²) in [5.74, 6) is -0.842. The summed E-state index contributed by atoms with van der Waals surface area (Å²) in [5.41, 5.74) is 1.42. The molecule has 0 aliphatic carbocycles. The third kappa shape index (κ3) is 3.85. The molecule has 158 valence electrons. The fourth-order valence-electron chi connectivity index (χ4n) is 4.23. The highest BCUT2D eigenvalue weighted by Gasteiger charge is 2.42. The first kappa shape index (κ1) is 20.6. The topological polar surface area (TPSA) is 86.8 Å². The Kier molecular flexibility index (Phi) is 5.62. The number of hydrogen-bond acceptors (Lipinski definition) is 4. The van der Waals surface area contributed by atoms with Crippen LogP contribution in [0.2, 0.25) is 0 Å². The summed E-state index contributed by atoms with van der Waals surface area (Å²) >= 11 is 0. The van der Waals surface area contributed by atoms with E-state index >= 15 is 0 Å². The lowest BCUT2D eigenvalue weighted by Crippen LogP contribution is -2.30. The Balaban J connectivity index is 1.50. The summed E-state index contributed by atoms with van der Waals surface area (Å²) in [4.78, 5) is 27.1. The standard InChI is InChI=1S/C22H25N3O4S/c1-24-20(26)15-19(21(24)16-7-3-2-4-8-16)22(27)23-17-9-11-18(12-10-17)30(28,29)25-13-5-6-14-25/h2-4,7-12,19,21H,5-6,13-15H2,1H3,(H,23,27). The van der Waals surface area contributed by atoms with Gasteiger partial charge in [-0.3, -0.25) is 9.59 Å². The molecule has 8 heteroatoms. The number of likely N-dealkylation sites (tertiary alicyclic amines) is 1. The molecule has 0 aromatic heterocycles. The molecule has 2 unspecified atom stereocenters. The quantitative estimate of drug-likeness (QED) is 0.795. The van der Waals surface area contributed by atoms with Gasteiger partial charge >= 0.3 is 0 Å². The lowest BCUT2D eigenvalue weighted by atomic mass is 9.93. The van der Waals surface area contributed by atoms with Crippen LogP contribution in [0.25, 0.3) is 0 Å². The van der Waals surface area contributed by atoms with Crippen LogP contribution in [0.3, 0.4) is 0 Å². The largest absolute Gasteiger partial charge is 0.338 e. The Morgan fingerprint density at radius 3 is 2.27 bits per heavy atom. The third-order valence-electron chi connectivity index (χ3n) is 5.89. The molecule has 1 N–H and O–H groups in total. The molecular formula is C22H25N3O4S. The number of carbonyl (C=O) groups is 2. The Bertz CT molecular complexity index is 1030. The summed E-state index contributed by atoms with van der Waals surface area (Å²) in [7, 11) is -1.78. The maximum atomic E-state index is 13.0. The van der Waals surface area contributed by atoms with E-state index in [1.807, 2.05) is 30.3 Å². The first-order valence-corrected chi connectivity index (χ1v) is 11.5. The fourth-order valence-corrected chi connectivity index (χ4v) is 5.75. The van der Waals surface area contributed by atoms with Crippen molar-refractivity contribution in [2.24, 2.45) is 5.92 Å². The van der Waals surface area contributed by atoms with Gasteiger partial charge in [0.05, 0.1) is 16.9 Å². The smallest absolute Gasteiger partial charge is 0.243 e. The van der Waals surface area contributed by atoms with Gasteiger partial charge in [-0.05, 0) is 42.7 Å². The van der Waals surface area contributed by atoms with Crippen LogP contribution in [0.15, 0.2) is 59.5 Å². The van der Waals surface area contributed by atoms with E-state index < -0.39 is 15.9 Å². The van der Waals surface area contributed by atoms with Gasteiger partial charge in [0.15, 0.2) is 0 Å². The van der Waals surface area contributed by atoms with Gasteiger partial charge in [0.2, 0.25) is 21.8 Å². The van der Waals surface area contributed by atoms with E-state index in [4.69, 9.17) is 0 Å². The molecular weight excluding hydrogens is 402 g/mol. The predicted molar refractivity (Wildman–Crippen MR) is 113 cm³/mol. The summed E-state index contributed by atoms with van der Waals surface area (Å²) in [5, 5.41) is 2.85. The number of rotatable bonds is 5. The van der Waals surface area contributed by atoms with Crippen LogP contribution in [0.5, 0.6) is 0 Å². The van der Waals surface area contributed by atoms with Gasteiger partial charge in [-0.25, -0.2) is 8.42 Å². The summed E-state index contributed by atoms with van der Waals surface area (Å²) in [6, 6.07) is 15.4. The van der Waals surface area contributed by atoms with Crippen molar-refractivity contribution in [3.8, 4) is 0 Å². The molecule has 0 spiro atoms. The van der Waals surface area contributed by atoms with Crippen LogP contribution in [0.4, 0.5) is 5.69 Å². The molecule has 0 saturated carbocycles. The molecule has 0 radical (unpaired) electrons. The molecule has 2 aromatic carbocycles. The minimum absolute atomic E-state index is 0.0731. The molecule has 7 nitrogen and oxygen atoms in total. The Morgan fingerprint density at radius 1 is 1.00 bits per heavy atom. The SMILES string of the molecule is CN1C(=O)CC(C(=O)Nc2ccc(S(=O)(=O)N3CCCC3)cc2)C1c1ccccc1. The van der Waals surface area contributed by atoms with Crippen molar-refractivity contribution in [3.63, 3.8) is 0 Å². The predicted octanol–water partition coefficient (Wildman–Crippen LogP) is 2.63. The zero-order valence-corrected chi connectivity index (χ0v) is 17.6. The van der Waals surface area contributed by atoms with Crippen LogP contribution in [0.1, 0.15) is 30.9 Å². The molecule has 2 heterocycles. The highest BCUT2D eigenvalue weighted by atomic mass is 32.2. The Hall–Kier alpha value is -2.71. The number of hydrogen-bond donors (Lipinski definition) is 1. The van der Waals surface area contributed by atoms with E-state index in [1.54, 1.807) is 24.1 Å². The van der Waals surface area contributed by atoms with E-state index in [0.29, 0.717) is 18.8 Å². The van der Waals surface area contributed by atoms with Crippen LogP contribution < -0.4 is 5.32 Å². The number of nitrogens with one attached hydrogen (secondary N) is 1. The Labute approximate surface area is 176 Å². The van der Waals surface area contributed by atoms with Crippen LogP contribution >= 0.6 is 0 Å². The third-order valence-corrected chi connectivity index (χ3v) is 7.80. The van der Waals surface area contributed by atoms with Gasteiger partial charge in [0.25, 0.3) is 0 Å². The van der Waals surface area contributed by atoms with Crippen LogP contribution in [0, 0.1) is 5.92 Å². The zero-order chi connectivity index (χ0) is 21.3. The van der Waals surface area contributed by atoms with Crippen molar-refractivity contribution in [1.82, 2.24) is 9.21 Å². The normalized spacial score (nSPS) is 22.4. The lowest BCUT2D eigenvalue weighted by Gasteiger charge is -2.25. The molecule has 30 heavy (non-hydrogen) atoms. The van der Waals surface area contributed by atoms with Gasteiger partial charge in [-0.2, -0.15) is 4.31 Å². The average Bonchev–Trinajstić information content (AvgIpc) is 3.39. The Morgan fingerprint density at radius 2 is 1.63 bits per heavy atom. The van der Waals surface area contributed by atoms with Gasteiger partial charge in [-0.1, -0.05) is 30.3 Å². The maximum Gasteiger partial charge on any atom is 0.243 e. The number of anilines is 1. The second kappa shape index (κ2) is 8.20. The van der Waals surface area contributed by atoms with Gasteiger partial charge in [0, 0.05) is 32.2 Å². The molecule has 2 aliphatic rings. The van der Waals surface area contributed by atoms with E-state index in [0.717, 1.165) is 18.4 Å². The molecule has 2 amide bonds. The van der Waals surface area contributed by atoms with E-state index in [9.17, 15) is 18.0 Å². The number of amides is 2. The number of sulfonamides is 1. The van der Waals surface area contributed by atoms with Crippen LogP contribution in [-0.2, 0) is 19.6 Å². The summed E-state index contributed by atoms with van der Waals surface area (Å²) < 4.78 is 26.8. The molecule has 2 fully saturated rings. The van der Waals surface area contributed by atoms with Crippen molar-refractivity contribution in [2.75, 3.05) is 25.5 Å². The zero-order valence-electron chi connectivity index (χ0n) is 16.8. The average molecular weight is 428 g/mol. The number of carbonyl (C=O) groups excluding carboxylic acids is 2. The first-order chi connectivity index (χ1) is 14.4. The lowest BCUT2D eigenvalue weighted by molar-refractivity contribution is -0.127. The molecule has 2 aromatic rings. The highest BCUT2D eigenvalue weighted by molar-refractivity contribution is 7.89. The summed E-state index contributed by atoms with van der Waals surface area (Å²) in [6.45, 7) is 1.09. The maximum absolute atomic E-state index is 13.0. The molecule has 2 saturated heterocycles. The number of benzene rings is 2. The second-order valence-electron chi connectivity index (χ2n) is 7.80. The molecule has 2 atom stereocenters. The van der Waals surface area contributed by atoms with E-state index in [-0.39, 0.29) is 29.2 Å². The monoisotopic (exact) mass is 427 g/mol. The van der Waals surface area contributed by atoms with Gasteiger partial charge < -0.3 is 10.2 Å². The van der Waals surface area contributed by atoms with Crippen LogP contribution in [-0.4, -0.2) is 49.6 Å². The van der Waals surface area contributed by atoms with Crippen molar-refractivity contribution in [2.45, 2.75) is 30.2 Å². The minimum Gasteiger partial charge on any atom is -0.338 e. The second-order valence-corrected chi connectivity index (χ2v) is 9.73. The van der Waals surface area contributed by atoms with Crippen molar-refractivity contribution >= 4 is 27.5 Å². The van der Waals surface area contributed by atoms with Gasteiger partial charge in [-0.15, -0.1) is 0 Å². The minimum atomic E-state index is -3.49. The fraction of sp³-hybridized carbons (Fsp3) is 0.364. The van der Waals surface area contributed by atoms with E-state index in [2.05, 4.69) is 5.32 Å². The van der Waals surface area contributed by atoms with Crippen molar-refractivity contribution in [1.29, 1.82) is 0 Å². The summed E-state index contributed by atoms with van der Waals surface area (Å²) in [6.07, 6.45) is 1.90. The van der Waals surface area contributed by atoms with Gasteiger partial charge in [0.1, 0.15) is 0 Å². The van der Waals surface area contributed by atoms with E-state index in [1.165, 1.54) is 16.4 Å². The highest BCUT2D eigenvalue weighted by Crippen LogP contribution is 2.37. The first-order valence-electron chi connectivity index (χ1n) is 10.1.